The van der Waals surface area contributed by atoms with Crippen LogP contribution in [0.4, 0.5) is 26.3 Å². The lowest BCUT2D eigenvalue weighted by Crippen LogP contribution is -2.42. The Kier molecular flexibility index (Phi) is 7.89. The zero-order valence-electron chi connectivity index (χ0n) is 18.4. The first-order chi connectivity index (χ1) is 13.9. The second-order valence-corrected chi connectivity index (χ2v) is 10.00. The third-order valence-corrected chi connectivity index (χ3v) is 6.17. The Balaban J connectivity index is 2.46. The molecule has 2 rings (SSSR count). The summed E-state index contributed by atoms with van der Waals surface area (Å²) in [6.07, 6.45) is 0. The minimum atomic E-state index is -4.73. The highest BCUT2D eigenvalue weighted by molar-refractivity contribution is 7.95. The molecule has 0 spiro atoms. The Bertz CT molecular complexity index is 555. The lowest BCUT2D eigenvalue weighted by Gasteiger charge is -2.29. The topological polar surface area (TPSA) is 40.7 Å². The molecule has 2 saturated carbocycles. The molecule has 0 aliphatic heterocycles. The number of ether oxygens (including phenoxy) is 1. The highest BCUT2D eigenvalue weighted by Crippen LogP contribution is 2.60. The van der Waals surface area contributed by atoms with Crippen molar-refractivity contribution in [3.63, 3.8) is 0 Å². The summed E-state index contributed by atoms with van der Waals surface area (Å²) in [6, 6.07) is -2.72. The summed E-state index contributed by atoms with van der Waals surface area (Å²) in [5, 5.41) is 0. The van der Waals surface area contributed by atoms with Crippen molar-refractivity contribution in [2.45, 2.75) is 46.8 Å². The van der Waals surface area contributed by atoms with E-state index >= 15 is 0 Å². The molecule has 2 aliphatic carbocycles. The third kappa shape index (κ3) is 5.74. The monoisotopic (exact) mass is 502 g/mol. The van der Waals surface area contributed by atoms with Gasteiger partial charge in [-0.2, -0.15) is 26.3 Å². The molecule has 2 fully saturated rings. The third-order valence-electron chi connectivity index (χ3n) is 5.11. The van der Waals surface area contributed by atoms with Gasteiger partial charge >= 0.3 is 11.0 Å². The van der Waals surface area contributed by atoms with Crippen LogP contribution in [0.2, 0.25) is 0 Å². The standard InChI is InChI=1S/C16H28F6N4O3S2/c1-23(2)9-10(24(3)4)13(9,28-30-15(17,18)19)27-14(29-31-16(20,21)22)11(25(5)6)12(14)26(7)8/h9-12H,1-8H3. The van der Waals surface area contributed by atoms with Gasteiger partial charge in [-0.3, -0.25) is 28.0 Å². The molecule has 184 valence electrons. The molecule has 0 heterocycles. The van der Waals surface area contributed by atoms with Gasteiger partial charge in [-0.05, 0) is 56.4 Å². The zero-order chi connectivity index (χ0) is 24.2. The van der Waals surface area contributed by atoms with Crippen LogP contribution in [-0.4, -0.2) is 123 Å². The Morgan fingerprint density at radius 1 is 0.548 bits per heavy atom. The maximum absolute atomic E-state index is 13.0. The van der Waals surface area contributed by atoms with Gasteiger partial charge in [0.05, 0.1) is 24.2 Å². The predicted octanol–water partition coefficient (Wildman–Crippen LogP) is 2.51. The number of nitrogens with zero attached hydrogens (tertiary/aromatic N) is 4. The molecule has 7 nitrogen and oxygen atoms in total. The summed E-state index contributed by atoms with van der Waals surface area (Å²) in [6.45, 7) is 0. The molecule has 0 aromatic heterocycles. The summed E-state index contributed by atoms with van der Waals surface area (Å²) >= 11 is -1.47. The predicted molar refractivity (Wildman–Crippen MR) is 106 cm³/mol. The van der Waals surface area contributed by atoms with Gasteiger partial charge in [0, 0.05) is 0 Å². The summed E-state index contributed by atoms with van der Waals surface area (Å²) in [5.74, 6) is -3.75. The van der Waals surface area contributed by atoms with Crippen LogP contribution in [0.1, 0.15) is 0 Å². The normalized spacial score (nSPS) is 36.2. The maximum atomic E-state index is 13.0. The van der Waals surface area contributed by atoms with Crippen molar-refractivity contribution in [3.8, 4) is 0 Å². The van der Waals surface area contributed by atoms with E-state index in [0.29, 0.717) is 0 Å². The highest BCUT2D eigenvalue weighted by Gasteiger charge is 2.81. The number of rotatable bonds is 10. The molecule has 0 saturated heterocycles. The largest absolute Gasteiger partial charge is 0.468 e. The van der Waals surface area contributed by atoms with Gasteiger partial charge in [0.15, 0.2) is 0 Å². The van der Waals surface area contributed by atoms with Crippen LogP contribution >= 0.6 is 24.1 Å². The van der Waals surface area contributed by atoms with Crippen LogP contribution in [0, 0.1) is 0 Å². The van der Waals surface area contributed by atoms with Gasteiger partial charge in [-0.15, -0.1) is 0 Å². The molecule has 4 unspecified atom stereocenters. The molecule has 0 aromatic rings. The van der Waals surface area contributed by atoms with Crippen LogP contribution in [-0.2, 0) is 13.1 Å². The number of alkyl halides is 6. The van der Waals surface area contributed by atoms with E-state index in [4.69, 9.17) is 13.1 Å². The van der Waals surface area contributed by atoms with E-state index in [-0.39, 0.29) is 0 Å². The number of halogens is 6. The van der Waals surface area contributed by atoms with E-state index in [9.17, 15) is 26.3 Å². The van der Waals surface area contributed by atoms with E-state index < -0.39 is 70.8 Å². The first kappa shape index (κ1) is 27.2. The van der Waals surface area contributed by atoms with Crippen molar-refractivity contribution >= 4 is 24.1 Å². The highest BCUT2D eigenvalue weighted by atomic mass is 32.2. The zero-order valence-corrected chi connectivity index (χ0v) is 20.0. The summed E-state index contributed by atoms with van der Waals surface area (Å²) in [7, 11) is 13.0. The van der Waals surface area contributed by atoms with E-state index in [0.717, 1.165) is 0 Å². The summed E-state index contributed by atoms with van der Waals surface area (Å²) in [4.78, 5) is 6.46. The number of likely N-dealkylation sites (N-methyl/N-ethyl adjacent to an activating group) is 4. The van der Waals surface area contributed by atoms with Crippen LogP contribution in [0.3, 0.4) is 0 Å². The lowest BCUT2D eigenvalue weighted by molar-refractivity contribution is -0.240. The fourth-order valence-corrected chi connectivity index (χ4v) is 5.05. The lowest BCUT2D eigenvalue weighted by atomic mass is 10.5. The minimum absolute atomic E-state index is 0.681. The summed E-state index contributed by atoms with van der Waals surface area (Å²) < 4.78 is 94.4. The molecule has 0 aromatic carbocycles. The Labute approximate surface area is 186 Å². The first-order valence-electron chi connectivity index (χ1n) is 9.12. The Morgan fingerprint density at radius 3 is 0.935 bits per heavy atom. The van der Waals surface area contributed by atoms with Gasteiger partial charge in [0.1, 0.15) is 24.1 Å². The molecule has 4 atom stereocenters. The van der Waals surface area contributed by atoms with Crippen LogP contribution in [0.15, 0.2) is 0 Å². The quantitative estimate of drug-likeness (QED) is 0.255. The smallest absolute Gasteiger partial charge is 0.309 e. The van der Waals surface area contributed by atoms with Gasteiger partial charge in [0.2, 0.25) is 11.6 Å². The van der Waals surface area contributed by atoms with Crippen molar-refractivity contribution in [1.29, 1.82) is 0 Å². The number of hydrogen-bond acceptors (Lipinski definition) is 9. The maximum Gasteiger partial charge on any atom is 0.468 e. The Hall–Kier alpha value is -0.0000000000000000971. The van der Waals surface area contributed by atoms with Crippen LogP contribution < -0.4 is 0 Å². The molecule has 0 amide bonds. The molecule has 0 radical (unpaired) electrons. The van der Waals surface area contributed by atoms with E-state index in [1.54, 1.807) is 76.0 Å². The summed E-state index contributed by atoms with van der Waals surface area (Å²) in [5.41, 5.74) is -9.46. The molecule has 2 aliphatic rings. The number of hydrogen-bond donors (Lipinski definition) is 0. The van der Waals surface area contributed by atoms with Crippen molar-refractivity contribution in [2.24, 2.45) is 0 Å². The van der Waals surface area contributed by atoms with Crippen molar-refractivity contribution in [3.05, 3.63) is 0 Å². The SMILES string of the molecule is CN(C)C1C(N(C)C)C1(OSC(F)(F)F)OC1(OSC(F)(F)F)C(N(C)C)C1N(C)C. The second-order valence-electron chi connectivity index (χ2n) is 8.40. The van der Waals surface area contributed by atoms with Gasteiger partial charge in [0.25, 0.3) is 0 Å². The van der Waals surface area contributed by atoms with E-state index in [1.807, 2.05) is 0 Å². The second kappa shape index (κ2) is 8.98. The van der Waals surface area contributed by atoms with Crippen LogP contribution in [0.25, 0.3) is 0 Å². The fraction of sp³-hybridized carbons (Fsp3) is 1.00. The molecule has 31 heavy (non-hydrogen) atoms. The van der Waals surface area contributed by atoms with Crippen molar-refractivity contribution < 1.29 is 39.4 Å². The average Bonchev–Trinajstić information content (AvgIpc) is 3.41. The molecule has 0 bridgehead atoms. The average molecular weight is 503 g/mol. The molecular weight excluding hydrogens is 474 g/mol. The van der Waals surface area contributed by atoms with Crippen molar-refractivity contribution in [2.75, 3.05) is 56.4 Å². The molecule has 15 heteroatoms. The van der Waals surface area contributed by atoms with E-state index in [2.05, 4.69) is 0 Å². The van der Waals surface area contributed by atoms with Gasteiger partial charge < -0.3 is 4.74 Å². The van der Waals surface area contributed by atoms with Crippen LogP contribution in [0.5, 0.6) is 0 Å². The first-order valence-corrected chi connectivity index (χ1v) is 10.6. The fourth-order valence-electron chi connectivity index (χ4n) is 4.13. The molecular formula is C16H28F6N4O3S2. The van der Waals surface area contributed by atoms with Gasteiger partial charge in [-0.25, -0.2) is 0 Å². The van der Waals surface area contributed by atoms with E-state index in [1.165, 1.54) is 0 Å². The Morgan fingerprint density at radius 2 is 0.774 bits per heavy atom. The molecule has 0 N–H and O–H groups in total. The minimum Gasteiger partial charge on any atom is -0.309 e. The van der Waals surface area contributed by atoms with Gasteiger partial charge in [-0.1, -0.05) is 0 Å². The van der Waals surface area contributed by atoms with Crippen molar-refractivity contribution in [1.82, 2.24) is 19.6 Å².